The number of carboxylic acid groups (broad SMARTS) is 1. The van der Waals surface area contributed by atoms with E-state index in [0.717, 1.165) is 49.4 Å². The molecule has 0 radical (unpaired) electrons. The van der Waals surface area contributed by atoms with E-state index in [1.807, 2.05) is 0 Å². The van der Waals surface area contributed by atoms with E-state index in [2.05, 4.69) is 24.0 Å². The van der Waals surface area contributed by atoms with Crippen LogP contribution in [0.3, 0.4) is 0 Å². The van der Waals surface area contributed by atoms with Crippen LogP contribution in [-0.2, 0) is 11.2 Å². The van der Waals surface area contributed by atoms with E-state index >= 15 is 0 Å². The summed E-state index contributed by atoms with van der Waals surface area (Å²) in [5.41, 5.74) is 3.57. The Balaban J connectivity index is 1.99. The second kappa shape index (κ2) is 6.85. The van der Waals surface area contributed by atoms with Crippen molar-refractivity contribution in [3.05, 3.63) is 34.9 Å². The Morgan fingerprint density at radius 3 is 2.67 bits per heavy atom. The molecule has 1 aromatic carbocycles. The molecule has 2 aliphatic heterocycles. The van der Waals surface area contributed by atoms with Gasteiger partial charge in [0.2, 0.25) is 0 Å². The van der Waals surface area contributed by atoms with E-state index in [9.17, 15) is 9.90 Å². The van der Waals surface area contributed by atoms with Gasteiger partial charge >= 0.3 is 5.97 Å². The molecule has 1 aromatic rings. The van der Waals surface area contributed by atoms with E-state index in [-0.39, 0.29) is 6.04 Å². The molecule has 24 heavy (non-hydrogen) atoms. The highest BCUT2D eigenvalue weighted by Gasteiger charge is 2.36. The molecule has 2 unspecified atom stereocenters. The predicted molar refractivity (Wildman–Crippen MR) is 91.7 cm³/mol. The largest absolute Gasteiger partial charge is 0.493 e. The summed E-state index contributed by atoms with van der Waals surface area (Å²) in [7, 11) is 3.30. The number of benzene rings is 1. The number of nitrogens with zero attached hydrogens (tertiary/aromatic N) is 1. The summed E-state index contributed by atoms with van der Waals surface area (Å²) >= 11 is 0. The molecule has 0 aromatic heterocycles. The van der Waals surface area contributed by atoms with Gasteiger partial charge in [0.25, 0.3) is 0 Å². The fraction of sp³-hybridized carbons (Fsp3) is 0.526. The fourth-order valence-corrected chi connectivity index (χ4v) is 4.05. The van der Waals surface area contributed by atoms with Crippen molar-refractivity contribution >= 4 is 5.97 Å². The number of hydrogen-bond donors (Lipinski definition) is 1. The molecule has 3 rings (SSSR count). The van der Waals surface area contributed by atoms with E-state index in [1.165, 1.54) is 17.2 Å². The Morgan fingerprint density at radius 1 is 1.33 bits per heavy atom. The molecular formula is C19H25NO4. The lowest BCUT2D eigenvalue weighted by Gasteiger charge is -2.44. The standard InChI is InChI=1S/C19H25NO4/c1-4-12-11-20-6-5-13-8-17(23-2)18(24-3)10-15(13)16(20)7-14(12)9-19(21)22/h8-10,12,16H,4-7,11H2,1-3H3,(H,21,22)/b14-9+. The van der Waals surface area contributed by atoms with Crippen molar-refractivity contribution < 1.29 is 19.4 Å². The summed E-state index contributed by atoms with van der Waals surface area (Å²) in [6.07, 6.45) is 4.15. The van der Waals surface area contributed by atoms with E-state index < -0.39 is 5.97 Å². The average molecular weight is 331 g/mol. The second-order valence-electron chi connectivity index (χ2n) is 6.53. The Morgan fingerprint density at radius 2 is 2.04 bits per heavy atom. The minimum absolute atomic E-state index is 0.224. The summed E-state index contributed by atoms with van der Waals surface area (Å²) in [5.74, 6) is 0.979. The fourth-order valence-electron chi connectivity index (χ4n) is 4.05. The van der Waals surface area contributed by atoms with Crippen LogP contribution < -0.4 is 9.47 Å². The summed E-state index contributed by atoms with van der Waals surface area (Å²) in [5, 5.41) is 9.19. The van der Waals surface area contributed by atoms with Crippen molar-refractivity contribution in [3.63, 3.8) is 0 Å². The maximum atomic E-state index is 11.2. The topological polar surface area (TPSA) is 59.0 Å². The van der Waals surface area contributed by atoms with Crippen molar-refractivity contribution in [1.82, 2.24) is 4.90 Å². The monoisotopic (exact) mass is 331 g/mol. The summed E-state index contributed by atoms with van der Waals surface area (Å²) in [6.45, 7) is 4.06. The lowest BCUT2D eigenvalue weighted by molar-refractivity contribution is -0.131. The maximum Gasteiger partial charge on any atom is 0.328 e. The lowest BCUT2D eigenvalue weighted by atomic mass is 9.79. The third kappa shape index (κ3) is 3.00. The average Bonchev–Trinajstić information content (AvgIpc) is 2.59. The number of piperidine rings is 1. The van der Waals surface area contributed by atoms with Crippen LogP contribution in [-0.4, -0.2) is 43.3 Å². The minimum atomic E-state index is -0.847. The van der Waals surface area contributed by atoms with Crippen LogP contribution in [0.1, 0.15) is 36.9 Å². The van der Waals surface area contributed by atoms with E-state index in [0.29, 0.717) is 5.92 Å². The van der Waals surface area contributed by atoms with Gasteiger partial charge in [-0.25, -0.2) is 4.79 Å². The Hall–Kier alpha value is -2.01. The van der Waals surface area contributed by atoms with Crippen LogP contribution in [0.15, 0.2) is 23.8 Å². The normalized spacial score (nSPS) is 25.0. The van der Waals surface area contributed by atoms with Crippen molar-refractivity contribution in [2.75, 3.05) is 27.3 Å². The van der Waals surface area contributed by atoms with Gasteiger partial charge in [-0.05, 0) is 48.4 Å². The minimum Gasteiger partial charge on any atom is -0.493 e. The first-order valence-electron chi connectivity index (χ1n) is 8.49. The van der Waals surface area contributed by atoms with Crippen LogP contribution >= 0.6 is 0 Å². The third-order valence-electron chi connectivity index (χ3n) is 5.32. The summed E-state index contributed by atoms with van der Waals surface area (Å²) in [6, 6.07) is 4.36. The first-order valence-corrected chi connectivity index (χ1v) is 8.49. The maximum absolute atomic E-state index is 11.2. The predicted octanol–water partition coefficient (Wildman–Crippen LogP) is 3.04. The number of fused-ring (bicyclic) bond motifs is 3. The molecule has 5 nitrogen and oxygen atoms in total. The van der Waals surface area contributed by atoms with Crippen LogP contribution in [0.4, 0.5) is 0 Å². The van der Waals surface area contributed by atoms with Crippen LogP contribution in [0.5, 0.6) is 11.5 Å². The van der Waals surface area contributed by atoms with Crippen molar-refractivity contribution in [2.24, 2.45) is 5.92 Å². The van der Waals surface area contributed by atoms with Gasteiger partial charge in [-0.1, -0.05) is 12.5 Å². The van der Waals surface area contributed by atoms with Gasteiger partial charge in [0.05, 0.1) is 14.2 Å². The zero-order valence-corrected chi connectivity index (χ0v) is 14.5. The molecule has 0 bridgehead atoms. The van der Waals surface area contributed by atoms with Crippen LogP contribution in [0.25, 0.3) is 0 Å². The molecular weight excluding hydrogens is 306 g/mol. The molecule has 1 saturated heterocycles. The van der Waals surface area contributed by atoms with Gasteiger partial charge < -0.3 is 14.6 Å². The highest BCUT2D eigenvalue weighted by Crippen LogP contribution is 2.44. The zero-order chi connectivity index (χ0) is 17.3. The zero-order valence-electron chi connectivity index (χ0n) is 14.5. The highest BCUT2D eigenvalue weighted by atomic mass is 16.5. The molecule has 1 N–H and O–H groups in total. The smallest absolute Gasteiger partial charge is 0.328 e. The molecule has 5 heteroatoms. The van der Waals surface area contributed by atoms with Gasteiger partial charge in [0.15, 0.2) is 11.5 Å². The number of aliphatic carboxylic acids is 1. The molecule has 2 atom stereocenters. The number of carbonyl (C=O) groups is 1. The SMILES string of the molecule is CCC1CN2CCc3cc(OC)c(OC)cc3C2C/C1=C\C(=O)O. The van der Waals surface area contributed by atoms with Crippen LogP contribution in [0, 0.1) is 5.92 Å². The molecule has 0 amide bonds. The molecule has 2 aliphatic rings. The van der Waals surface area contributed by atoms with Crippen molar-refractivity contribution in [1.29, 1.82) is 0 Å². The molecule has 0 spiro atoms. The van der Waals surface area contributed by atoms with Gasteiger partial charge in [0, 0.05) is 25.2 Å². The summed E-state index contributed by atoms with van der Waals surface area (Å²) < 4.78 is 10.9. The van der Waals surface area contributed by atoms with Crippen molar-refractivity contribution in [3.8, 4) is 11.5 Å². The quantitative estimate of drug-likeness (QED) is 0.859. The number of rotatable bonds is 4. The third-order valence-corrected chi connectivity index (χ3v) is 5.32. The first-order chi connectivity index (χ1) is 11.6. The highest BCUT2D eigenvalue weighted by molar-refractivity contribution is 5.80. The molecule has 1 fully saturated rings. The van der Waals surface area contributed by atoms with Crippen molar-refractivity contribution in [2.45, 2.75) is 32.2 Å². The first kappa shape index (κ1) is 16.8. The molecule has 0 aliphatic carbocycles. The Kier molecular flexibility index (Phi) is 4.81. The summed E-state index contributed by atoms with van der Waals surface area (Å²) in [4.78, 5) is 13.7. The number of ether oxygens (including phenoxy) is 2. The number of methoxy groups -OCH3 is 2. The van der Waals surface area contributed by atoms with Gasteiger partial charge in [0.1, 0.15) is 0 Å². The molecule has 2 heterocycles. The van der Waals surface area contributed by atoms with Crippen LogP contribution in [0.2, 0.25) is 0 Å². The lowest BCUT2D eigenvalue weighted by Crippen LogP contribution is -2.43. The number of hydrogen-bond acceptors (Lipinski definition) is 4. The Bertz CT molecular complexity index is 668. The number of carboxylic acids is 1. The van der Waals surface area contributed by atoms with E-state index in [1.54, 1.807) is 14.2 Å². The molecule has 130 valence electrons. The van der Waals surface area contributed by atoms with E-state index in [4.69, 9.17) is 9.47 Å². The van der Waals surface area contributed by atoms with Gasteiger partial charge in [-0.3, -0.25) is 4.90 Å². The van der Waals surface area contributed by atoms with Gasteiger partial charge in [-0.15, -0.1) is 0 Å². The van der Waals surface area contributed by atoms with Gasteiger partial charge in [-0.2, -0.15) is 0 Å². The Labute approximate surface area is 142 Å². The second-order valence-corrected chi connectivity index (χ2v) is 6.53. The molecule has 0 saturated carbocycles.